The summed E-state index contributed by atoms with van der Waals surface area (Å²) in [4.78, 5) is 44.7. The number of likely N-dealkylation sites (tertiary alicyclic amines) is 1. The highest BCUT2D eigenvalue weighted by molar-refractivity contribution is 5.96. The van der Waals surface area contributed by atoms with E-state index in [9.17, 15) is 19.5 Å². The van der Waals surface area contributed by atoms with Gasteiger partial charge in [0.25, 0.3) is 0 Å². The largest absolute Gasteiger partial charge is 0.466 e. The van der Waals surface area contributed by atoms with E-state index in [1.54, 1.807) is 6.92 Å². The number of hydrogen-bond acceptors (Lipinski definition) is 7. The molecule has 3 aliphatic rings. The van der Waals surface area contributed by atoms with E-state index >= 15 is 0 Å². The molecule has 2 amide bonds. The Morgan fingerprint density at radius 1 is 1.16 bits per heavy atom. The third kappa shape index (κ3) is 5.73. The Balaban J connectivity index is 1.64. The fourth-order valence-corrected chi connectivity index (χ4v) is 6.02. The predicted molar refractivity (Wildman–Crippen MR) is 137 cm³/mol. The van der Waals surface area contributed by atoms with Crippen LogP contribution in [-0.4, -0.2) is 91.3 Å². The molecule has 1 aromatic carbocycles. The number of aliphatic hydroxyl groups excluding tert-OH is 1. The monoisotopic (exact) mass is 513 g/mol. The maximum Gasteiger partial charge on any atom is 0.310 e. The Morgan fingerprint density at radius 2 is 1.89 bits per heavy atom. The number of carbonyl (C=O) groups excluding carboxylic acids is 3. The van der Waals surface area contributed by atoms with Gasteiger partial charge in [0.1, 0.15) is 6.04 Å². The number of rotatable bonds is 10. The number of fused-ring (bicyclic) bond motifs is 1. The van der Waals surface area contributed by atoms with Crippen LogP contribution in [0.15, 0.2) is 42.5 Å². The number of nitrogens with zero attached hydrogens (tertiary/aromatic N) is 2. The van der Waals surface area contributed by atoms with Gasteiger partial charge in [-0.05, 0) is 24.8 Å². The summed E-state index contributed by atoms with van der Waals surface area (Å²) >= 11 is 0. The van der Waals surface area contributed by atoms with Crippen molar-refractivity contribution < 1.29 is 29.0 Å². The maximum absolute atomic E-state index is 14.1. The summed E-state index contributed by atoms with van der Waals surface area (Å²) < 4.78 is 10.8. The number of esters is 1. The van der Waals surface area contributed by atoms with Gasteiger partial charge in [-0.1, -0.05) is 49.4 Å². The Labute approximate surface area is 218 Å². The van der Waals surface area contributed by atoms with Crippen molar-refractivity contribution in [1.29, 1.82) is 0 Å². The first kappa shape index (κ1) is 27.3. The van der Waals surface area contributed by atoms with Crippen molar-refractivity contribution in [3.63, 3.8) is 0 Å². The first-order chi connectivity index (χ1) is 18.0. The van der Waals surface area contributed by atoms with E-state index in [-0.39, 0.29) is 30.9 Å². The summed E-state index contributed by atoms with van der Waals surface area (Å²) in [6.45, 7) is 7.73. The van der Waals surface area contributed by atoms with Gasteiger partial charge < -0.3 is 24.8 Å². The third-order valence-electron chi connectivity index (χ3n) is 7.87. The van der Waals surface area contributed by atoms with Crippen molar-refractivity contribution in [3.05, 3.63) is 48.0 Å². The lowest BCUT2D eigenvalue weighted by atomic mass is 9.69. The number of allylic oxidation sites excluding steroid dienone is 1. The molecule has 0 spiro atoms. The summed E-state index contributed by atoms with van der Waals surface area (Å²) in [6.07, 6.45) is 4.57. The van der Waals surface area contributed by atoms with Crippen molar-refractivity contribution in [2.45, 2.75) is 32.4 Å². The standard InChI is InChI=1S/C28H39N3O6/c1-3-19-10-11-21-24(23(19)28(35)37-4-2)27(34)31(22(18-32)20-8-6-5-7-9-20)25(21)26(33)29-12-13-30-14-16-36-17-15-30/h5-11,19,21-25,32H,3-4,12-18H2,1-2H3,(H,29,33)/t19-,21+,22-,23-,24+,25+/m1/s1. The van der Waals surface area contributed by atoms with E-state index in [0.717, 1.165) is 18.7 Å². The second-order valence-electron chi connectivity index (χ2n) is 9.88. The number of nitrogens with one attached hydrogen (secondary N) is 1. The normalized spacial score (nSPS) is 28.6. The van der Waals surface area contributed by atoms with Crippen molar-refractivity contribution in [3.8, 4) is 0 Å². The number of ether oxygens (including phenoxy) is 2. The summed E-state index contributed by atoms with van der Waals surface area (Å²) in [6, 6.07) is 7.70. The Hall–Kier alpha value is -2.75. The molecule has 1 aromatic rings. The van der Waals surface area contributed by atoms with E-state index in [2.05, 4.69) is 10.2 Å². The number of aliphatic hydroxyl groups is 1. The molecule has 0 saturated carbocycles. The molecule has 37 heavy (non-hydrogen) atoms. The van der Waals surface area contributed by atoms with Crippen LogP contribution in [0.3, 0.4) is 0 Å². The van der Waals surface area contributed by atoms with Gasteiger partial charge in [0, 0.05) is 32.1 Å². The van der Waals surface area contributed by atoms with E-state index in [1.807, 2.05) is 49.4 Å². The lowest BCUT2D eigenvalue weighted by Crippen LogP contribution is -2.50. The SMILES string of the molecule is CCOC(=O)[C@H]1[C@H]2C(=O)N([C@H](CO)c3ccccc3)[C@H](C(=O)NCCN3CCOCC3)[C@H]2C=C[C@H]1CC. The van der Waals surface area contributed by atoms with Gasteiger partial charge >= 0.3 is 5.97 Å². The van der Waals surface area contributed by atoms with Crippen LogP contribution in [0.1, 0.15) is 31.9 Å². The van der Waals surface area contributed by atoms with E-state index in [0.29, 0.717) is 32.7 Å². The highest BCUT2D eigenvalue weighted by Gasteiger charge is 2.58. The first-order valence-electron chi connectivity index (χ1n) is 13.4. The molecule has 2 saturated heterocycles. The molecule has 2 aliphatic heterocycles. The topological polar surface area (TPSA) is 108 Å². The fourth-order valence-electron chi connectivity index (χ4n) is 6.02. The number of amides is 2. The van der Waals surface area contributed by atoms with Crippen molar-refractivity contribution in [1.82, 2.24) is 15.1 Å². The van der Waals surface area contributed by atoms with Crippen LogP contribution in [0.25, 0.3) is 0 Å². The Morgan fingerprint density at radius 3 is 2.54 bits per heavy atom. The number of hydrogen-bond donors (Lipinski definition) is 2. The van der Waals surface area contributed by atoms with Crippen LogP contribution < -0.4 is 5.32 Å². The molecule has 1 aliphatic carbocycles. The quantitative estimate of drug-likeness (QED) is 0.360. The summed E-state index contributed by atoms with van der Waals surface area (Å²) in [7, 11) is 0. The van der Waals surface area contributed by atoms with Crippen molar-refractivity contribution in [2.24, 2.45) is 23.7 Å². The van der Waals surface area contributed by atoms with Gasteiger partial charge in [-0.3, -0.25) is 19.3 Å². The second kappa shape index (κ2) is 12.7. The smallest absolute Gasteiger partial charge is 0.310 e. The van der Waals surface area contributed by atoms with Gasteiger partial charge in [0.2, 0.25) is 11.8 Å². The third-order valence-corrected chi connectivity index (χ3v) is 7.87. The molecule has 0 radical (unpaired) electrons. The van der Waals surface area contributed by atoms with E-state index in [1.165, 1.54) is 4.90 Å². The molecule has 4 rings (SSSR count). The average molecular weight is 514 g/mol. The highest BCUT2D eigenvalue weighted by Crippen LogP contribution is 2.47. The van der Waals surface area contributed by atoms with Crippen LogP contribution in [0.2, 0.25) is 0 Å². The molecule has 2 heterocycles. The maximum atomic E-state index is 14.1. The predicted octanol–water partition coefficient (Wildman–Crippen LogP) is 1.39. The van der Waals surface area contributed by atoms with Gasteiger partial charge in [-0.25, -0.2) is 0 Å². The molecule has 6 atom stereocenters. The van der Waals surface area contributed by atoms with Gasteiger partial charge in [-0.2, -0.15) is 0 Å². The molecule has 2 fully saturated rings. The van der Waals surface area contributed by atoms with Crippen LogP contribution in [0, 0.1) is 23.7 Å². The molecule has 9 nitrogen and oxygen atoms in total. The molecule has 0 unspecified atom stereocenters. The minimum absolute atomic E-state index is 0.154. The summed E-state index contributed by atoms with van der Waals surface area (Å²) in [5.74, 6) is -3.01. The molecule has 0 bridgehead atoms. The zero-order valence-corrected chi connectivity index (χ0v) is 21.8. The fraction of sp³-hybridized carbons (Fsp3) is 0.607. The van der Waals surface area contributed by atoms with Crippen LogP contribution >= 0.6 is 0 Å². The Kier molecular flexibility index (Phi) is 9.34. The van der Waals surface area contributed by atoms with Crippen LogP contribution in [0.4, 0.5) is 0 Å². The van der Waals surface area contributed by atoms with E-state index in [4.69, 9.17) is 9.47 Å². The zero-order chi connectivity index (χ0) is 26.4. The van der Waals surface area contributed by atoms with Gasteiger partial charge in [-0.15, -0.1) is 0 Å². The zero-order valence-electron chi connectivity index (χ0n) is 21.8. The van der Waals surface area contributed by atoms with Crippen molar-refractivity contribution >= 4 is 17.8 Å². The molecule has 9 heteroatoms. The van der Waals surface area contributed by atoms with Crippen LogP contribution in [0.5, 0.6) is 0 Å². The number of morpholine rings is 1. The average Bonchev–Trinajstić information content (AvgIpc) is 3.22. The molecular weight excluding hydrogens is 474 g/mol. The highest BCUT2D eigenvalue weighted by atomic mass is 16.5. The summed E-state index contributed by atoms with van der Waals surface area (Å²) in [5.41, 5.74) is 0.742. The molecule has 2 N–H and O–H groups in total. The number of benzene rings is 1. The lowest BCUT2D eigenvalue weighted by Gasteiger charge is -2.34. The summed E-state index contributed by atoms with van der Waals surface area (Å²) in [5, 5.41) is 13.5. The first-order valence-corrected chi connectivity index (χ1v) is 13.4. The number of carbonyl (C=O) groups is 3. The van der Waals surface area contributed by atoms with Crippen LogP contribution in [-0.2, 0) is 23.9 Å². The minimum atomic E-state index is -0.842. The molecule has 202 valence electrons. The molecule has 0 aromatic heterocycles. The minimum Gasteiger partial charge on any atom is -0.466 e. The van der Waals surface area contributed by atoms with Gasteiger partial charge in [0.05, 0.1) is 44.3 Å². The van der Waals surface area contributed by atoms with E-state index < -0.39 is 35.8 Å². The molecular formula is C28H39N3O6. The second-order valence-corrected chi connectivity index (χ2v) is 9.88. The Bertz CT molecular complexity index is 964. The van der Waals surface area contributed by atoms with Crippen molar-refractivity contribution in [2.75, 3.05) is 52.6 Å². The lowest BCUT2D eigenvalue weighted by molar-refractivity contribution is -0.156. The van der Waals surface area contributed by atoms with Gasteiger partial charge in [0.15, 0.2) is 0 Å².